The number of carbonyl (C=O) groups is 1. The summed E-state index contributed by atoms with van der Waals surface area (Å²) >= 11 is 0. The fourth-order valence-electron chi connectivity index (χ4n) is 1.98. The number of allylic oxidation sites excluding steroid dienone is 4. The molecule has 0 aromatic carbocycles. The molecule has 0 aromatic heterocycles. The van der Waals surface area contributed by atoms with E-state index in [4.69, 9.17) is 5.21 Å². The number of hydrogen-bond donors (Lipinski definition) is 1. The zero-order valence-corrected chi connectivity index (χ0v) is 12.8. The lowest BCUT2D eigenvalue weighted by Gasteiger charge is -2.24. The molecule has 0 radical (unpaired) electrons. The van der Waals surface area contributed by atoms with Crippen LogP contribution in [0.15, 0.2) is 28.3 Å². The maximum Gasteiger partial charge on any atom is 0.150 e. The van der Waals surface area contributed by atoms with E-state index in [0.29, 0.717) is 11.4 Å². The largest absolute Gasteiger partial charge is 0.411 e. The van der Waals surface area contributed by atoms with E-state index in [2.05, 4.69) is 11.0 Å². The van der Waals surface area contributed by atoms with Crippen molar-refractivity contribution in [2.75, 3.05) is 13.1 Å². The number of carbonyl (C=O) groups excluding carboxylic acids is 1. The molecule has 1 heterocycles. The molecule has 0 spiro atoms. The van der Waals surface area contributed by atoms with Crippen molar-refractivity contribution in [1.29, 1.82) is 0 Å². The summed E-state index contributed by atoms with van der Waals surface area (Å²) in [6.07, 6.45) is 7.71. The van der Waals surface area contributed by atoms with E-state index in [1.54, 1.807) is 23.4 Å². The van der Waals surface area contributed by atoms with E-state index in [1.165, 1.54) is 12.3 Å². The highest BCUT2D eigenvalue weighted by Gasteiger charge is 2.26. The molecule has 112 valence electrons. The standard InChI is InChI=1S/C14H22N2O3S/c1-12-7-6-10-16(11-14(12)17)20(3,19)13(2)8-4-5-9-15-18/h4-5,8-9,12,18H,3,6-7,10-11H2,1-2H3/b5-4-,13-8+,15-9+. The summed E-state index contributed by atoms with van der Waals surface area (Å²) in [7, 11) is -2.61. The van der Waals surface area contributed by atoms with Crippen LogP contribution in [0.3, 0.4) is 0 Å². The van der Waals surface area contributed by atoms with Gasteiger partial charge < -0.3 is 5.21 Å². The fraction of sp³-hybridized carbons (Fsp3) is 0.500. The van der Waals surface area contributed by atoms with Crippen molar-refractivity contribution in [3.05, 3.63) is 23.1 Å². The van der Waals surface area contributed by atoms with Gasteiger partial charge in [-0.1, -0.05) is 18.2 Å². The molecule has 1 aliphatic rings. The van der Waals surface area contributed by atoms with Crippen LogP contribution in [-0.4, -0.2) is 44.7 Å². The maximum absolute atomic E-state index is 12.8. The Kier molecular flexibility index (Phi) is 6.16. The van der Waals surface area contributed by atoms with Crippen LogP contribution in [-0.2, 0) is 14.5 Å². The summed E-state index contributed by atoms with van der Waals surface area (Å²) in [6, 6.07) is 0. The van der Waals surface area contributed by atoms with Crippen molar-refractivity contribution < 1.29 is 14.2 Å². The molecule has 2 unspecified atom stereocenters. The zero-order valence-electron chi connectivity index (χ0n) is 12.0. The molecule has 0 amide bonds. The Bertz CT molecular complexity index is 533. The van der Waals surface area contributed by atoms with Crippen molar-refractivity contribution >= 4 is 27.6 Å². The summed E-state index contributed by atoms with van der Waals surface area (Å²) in [5, 5.41) is 11.1. The van der Waals surface area contributed by atoms with Crippen LogP contribution in [0.4, 0.5) is 0 Å². The molecule has 0 saturated carbocycles. The Labute approximate surface area is 120 Å². The summed E-state index contributed by atoms with van der Waals surface area (Å²) in [4.78, 5) is 12.5. The van der Waals surface area contributed by atoms with Crippen molar-refractivity contribution in [3.8, 4) is 0 Å². The third kappa shape index (κ3) is 4.31. The lowest BCUT2D eigenvalue weighted by Crippen LogP contribution is -2.35. The first-order valence-corrected chi connectivity index (χ1v) is 8.24. The molecule has 0 aromatic rings. The Hall–Kier alpha value is -1.40. The highest BCUT2D eigenvalue weighted by molar-refractivity contribution is 8.01. The second-order valence-electron chi connectivity index (χ2n) is 4.94. The number of hydrogen-bond acceptors (Lipinski definition) is 4. The average Bonchev–Trinajstić information content (AvgIpc) is 2.57. The Morgan fingerprint density at radius 2 is 2.25 bits per heavy atom. The molecule has 0 aliphatic carbocycles. The number of oxime groups is 1. The SMILES string of the molecule is C=S(=O)(/C(C)=C/C=C\C=N\O)N1CCCC(C)C(=O)C1. The quantitative estimate of drug-likeness (QED) is 0.283. The molecule has 1 rings (SSSR count). The van der Waals surface area contributed by atoms with E-state index in [0.717, 1.165) is 12.8 Å². The first-order valence-electron chi connectivity index (χ1n) is 6.55. The molecule has 5 nitrogen and oxygen atoms in total. The van der Waals surface area contributed by atoms with Gasteiger partial charge in [-0.25, -0.2) is 8.51 Å². The summed E-state index contributed by atoms with van der Waals surface area (Å²) < 4.78 is 14.5. The number of rotatable bonds is 4. The highest BCUT2D eigenvalue weighted by Crippen LogP contribution is 2.20. The molecular weight excluding hydrogens is 276 g/mol. The van der Waals surface area contributed by atoms with E-state index in [9.17, 15) is 9.00 Å². The summed E-state index contributed by atoms with van der Waals surface area (Å²) in [5.74, 6) is 3.96. The van der Waals surface area contributed by atoms with Crippen LogP contribution in [0.5, 0.6) is 0 Å². The maximum atomic E-state index is 12.8. The van der Waals surface area contributed by atoms with Gasteiger partial charge in [0.15, 0.2) is 5.78 Å². The first-order chi connectivity index (χ1) is 9.39. The minimum Gasteiger partial charge on any atom is -0.411 e. The van der Waals surface area contributed by atoms with E-state index in [-0.39, 0.29) is 18.2 Å². The van der Waals surface area contributed by atoms with Crippen LogP contribution in [0, 0.1) is 5.92 Å². The van der Waals surface area contributed by atoms with Crippen LogP contribution < -0.4 is 0 Å². The molecule has 1 N–H and O–H groups in total. The average molecular weight is 298 g/mol. The number of Topliss-reactive ketones (excluding diaryl/α,β-unsaturated/α-hetero) is 1. The third-order valence-corrected chi connectivity index (χ3v) is 5.73. The predicted octanol–water partition coefficient (Wildman–Crippen LogP) is 1.84. The van der Waals surface area contributed by atoms with Gasteiger partial charge in [-0.15, -0.1) is 0 Å². The van der Waals surface area contributed by atoms with Crippen molar-refractivity contribution in [2.24, 2.45) is 11.1 Å². The molecule has 2 atom stereocenters. The van der Waals surface area contributed by atoms with Gasteiger partial charge in [0.2, 0.25) is 0 Å². The Balaban J connectivity index is 2.89. The number of nitrogens with zero attached hydrogens (tertiary/aromatic N) is 2. The number of ketones is 1. The van der Waals surface area contributed by atoms with Gasteiger partial charge in [0, 0.05) is 17.4 Å². The second-order valence-corrected chi connectivity index (χ2v) is 7.38. The fourth-order valence-corrected chi connectivity index (χ4v) is 3.44. The second kappa shape index (κ2) is 7.40. The minimum absolute atomic E-state index is 0.0279. The van der Waals surface area contributed by atoms with Gasteiger partial charge in [0.1, 0.15) is 0 Å². The van der Waals surface area contributed by atoms with Crippen LogP contribution >= 0.6 is 0 Å². The predicted molar refractivity (Wildman–Crippen MR) is 83.4 cm³/mol. The Morgan fingerprint density at radius 1 is 1.55 bits per heavy atom. The van der Waals surface area contributed by atoms with Gasteiger partial charge in [-0.2, -0.15) is 0 Å². The molecular formula is C14H22N2O3S. The molecule has 0 bridgehead atoms. The van der Waals surface area contributed by atoms with Crippen molar-refractivity contribution in [3.63, 3.8) is 0 Å². The Morgan fingerprint density at radius 3 is 2.90 bits per heavy atom. The monoisotopic (exact) mass is 298 g/mol. The van der Waals surface area contributed by atoms with Gasteiger partial charge in [-0.05, 0) is 37.8 Å². The van der Waals surface area contributed by atoms with Gasteiger partial charge >= 0.3 is 0 Å². The molecule has 1 saturated heterocycles. The van der Waals surface area contributed by atoms with E-state index in [1.807, 2.05) is 6.92 Å². The van der Waals surface area contributed by atoms with Crippen LogP contribution in [0.2, 0.25) is 0 Å². The topological polar surface area (TPSA) is 70.0 Å². The van der Waals surface area contributed by atoms with Crippen LogP contribution in [0.1, 0.15) is 26.7 Å². The third-order valence-electron chi connectivity index (χ3n) is 3.44. The molecule has 6 heteroatoms. The van der Waals surface area contributed by atoms with E-state index < -0.39 is 9.71 Å². The smallest absolute Gasteiger partial charge is 0.150 e. The van der Waals surface area contributed by atoms with Crippen molar-refractivity contribution in [1.82, 2.24) is 4.31 Å². The first kappa shape index (κ1) is 16.7. The normalized spacial score (nSPS) is 26.0. The molecule has 1 fully saturated rings. The molecule has 20 heavy (non-hydrogen) atoms. The highest BCUT2D eigenvalue weighted by atomic mass is 32.2. The molecule has 1 aliphatic heterocycles. The minimum atomic E-state index is -2.61. The summed E-state index contributed by atoms with van der Waals surface area (Å²) in [5.41, 5.74) is 0. The zero-order chi connectivity index (χ0) is 15.2. The van der Waals surface area contributed by atoms with Crippen molar-refractivity contribution in [2.45, 2.75) is 26.7 Å². The van der Waals surface area contributed by atoms with Gasteiger partial charge in [-0.3, -0.25) is 4.79 Å². The lowest BCUT2D eigenvalue weighted by molar-refractivity contribution is -0.122. The van der Waals surface area contributed by atoms with Crippen LogP contribution in [0.25, 0.3) is 0 Å². The van der Waals surface area contributed by atoms with Gasteiger partial charge in [0.05, 0.1) is 22.5 Å². The van der Waals surface area contributed by atoms with E-state index >= 15 is 0 Å². The lowest BCUT2D eigenvalue weighted by atomic mass is 10.0. The van der Waals surface area contributed by atoms with Gasteiger partial charge in [0.25, 0.3) is 0 Å². The summed E-state index contributed by atoms with van der Waals surface area (Å²) in [6.45, 7) is 4.45.